The van der Waals surface area contributed by atoms with E-state index in [1.54, 1.807) is 9.42 Å². The fourth-order valence-corrected chi connectivity index (χ4v) is 5.07. The van der Waals surface area contributed by atoms with Crippen molar-refractivity contribution in [2.75, 3.05) is 30.0 Å². The van der Waals surface area contributed by atoms with E-state index >= 15 is 0 Å². The number of nitrogens with zero attached hydrogens (tertiary/aromatic N) is 5. The zero-order valence-electron chi connectivity index (χ0n) is 22.4. The molecule has 9 heteroatoms. The van der Waals surface area contributed by atoms with Gasteiger partial charge in [0.2, 0.25) is 5.65 Å². The van der Waals surface area contributed by atoms with Crippen LogP contribution in [0.25, 0.3) is 17.0 Å². The van der Waals surface area contributed by atoms with E-state index in [0.717, 1.165) is 31.2 Å². The van der Waals surface area contributed by atoms with Gasteiger partial charge in [-0.1, -0.05) is 42.7 Å². The molecule has 198 valence electrons. The van der Waals surface area contributed by atoms with Gasteiger partial charge in [0.25, 0.3) is 0 Å². The molecule has 1 amide bonds. The van der Waals surface area contributed by atoms with E-state index in [9.17, 15) is 4.79 Å². The predicted octanol–water partition coefficient (Wildman–Crippen LogP) is 5.62. The van der Waals surface area contributed by atoms with E-state index in [0.29, 0.717) is 54.7 Å². The number of ether oxygens (including phenoxy) is 2. The minimum atomic E-state index is -0.625. The Morgan fingerprint density at radius 2 is 1.81 bits per heavy atom. The van der Waals surface area contributed by atoms with Crippen molar-refractivity contribution in [3.63, 3.8) is 0 Å². The maximum Gasteiger partial charge on any atom is 0.414 e. The SMILES string of the molecule is Cc1ccc(-c2nnc3c(N(CC4CCOCC4)C(=O)OC(C)(C)C)cc(NC4CCCC4)nn23)cc1. The van der Waals surface area contributed by atoms with Gasteiger partial charge in [-0.05, 0) is 59.3 Å². The molecule has 1 N–H and O–H groups in total. The summed E-state index contributed by atoms with van der Waals surface area (Å²) in [6.07, 6.45) is 6.05. The lowest BCUT2D eigenvalue weighted by Gasteiger charge is -2.32. The maximum absolute atomic E-state index is 13.6. The van der Waals surface area contributed by atoms with Crippen molar-refractivity contribution in [1.29, 1.82) is 0 Å². The smallest absolute Gasteiger partial charge is 0.414 e. The second-order valence-electron chi connectivity index (χ2n) is 11.3. The molecule has 1 saturated carbocycles. The normalized spacial score (nSPS) is 17.3. The topological polar surface area (TPSA) is 93.9 Å². The fraction of sp³-hybridized carbons (Fsp3) is 0.571. The first-order chi connectivity index (χ1) is 17.8. The van der Waals surface area contributed by atoms with Crippen LogP contribution in [0.1, 0.15) is 64.9 Å². The molecular weight excluding hydrogens is 468 g/mol. The number of rotatable bonds is 6. The van der Waals surface area contributed by atoms with Crippen LogP contribution in [-0.4, -0.2) is 57.3 Å². The molecule has 5 rings (SSSR count). The Hall–Kier alpha value is -3.20. The molecule has 1 aliphatic heterocycles. The molecule has 0 atom stereocenters. The van der Waals surface area contributed by atoms with Gasteiger partial charge in [-0.3, -0.25) is 4.90 Å². The summed E-state index contributed by atoms with van der Waals surface area (Å²) in [6.45, 7) is 9.65. The van der Waals surface area contributed by atoms with Crippen LogP contribution >= 0.6 is 0 Å². The summed E-state index contributed by atoms with van der Waals surface area (Å²) in [4.78, 5) is 15.3. The van der Waals surface area contributed by atoms with Gasteiger partial charge in [-0.15, -0.1) is 15.3 Å². The Bertz CT molecular complexity index is 1220. The number of carbonyl (C=O) groups is 1. The lowest BCUT2D eigenvalue weighted by molar-refractivity contribution is 0.0515. The number of fused-ring (bicyclic) bond motifs is 1. The summed E-state index contributed by atoms with van der Waals surface area (Å²) in [5, 5.41) is 17.6. The Labute approximate surface area is 218 Å². The van der Waals surface area contributed by atoms with E-state index in [-0.39, 0.29) is 0 Å². The summed E-state index contributed by atoms with van der Waals surface area (Å²) in [6, 6.07) is 10.5. The molecule has 1 aromatic carbocycles. The zero-order chi connectivity index (χ0) is 26.0. The Balaban J connectivity index is 1.61. The number of amides is 1. The van der Waals surface area contributed by atoms with E-state index < -0.39 is 11.7 Å². The second-order valence-corrected chi connectivity index (χ2v) is 11.3. The summed E-state index contributed by atoms with van der Waals surface area (Å²) >= 11 is 0. The van der Waals surface area contributed by atoms with Crippen molar-refractivity contribution in [3.05, 3.63) is 35.9 Å². The van der Waals surface area contributed by atoms with Gasteiger partial charge in [0.15, 0.2) is 5.82 Å². The van der Waals surface area contributed by atoms with Crippen LogP contribution in [0, 0.1) is 12.8 Å². The van der Waals surface area contributed by atoms with Crippen molar-refractivity contribution in [2.24, 2.45) is 5.92 Å². The minimum absolute atomic E-state index is 0.306. The fourth-order valence-electron chi connectivity index (χ4n) is 5.07. The summed E-state index contributed by atoms with van der Waals surface area (Å²) in [5.41, 5.74) is 2.65. The highest BCUT2D eigenvalue weighted by Gasteiger charge is 2.30. The maximum atomic E-state index is 13.6. The van der Waals surface area contributed by atoms with Gasteiger partial charge in [-0.2, -0.15) is 4.52 Å². The lowest BCUT2D eigenvalue weighted by atomic mass is 9.99. The molecule has 2 aromatic heterocycles. The van der Waals surface area contributed by atoms with Gasteiger partial charge < -0.3 is 14.8 Å². The second kappa shape index (κ2) is 10.7. The van der Waals surface area contributed by atoms with Crippen LogP contribution in [0.2, 0.25) is 0 Å². The van der Waals surface area contributed by atoms with E-state index in [1.165, 1.54) is 18.4 Å². The first-order valence-electron chi connectivity index (χ1n) is 13.4. The molecule has 3 heterocycles. The molecule has 1 saturated heterocycles. The van der Waals surface area contributed by atoms with Crippen molar-refractivity contribution < 1.29 is 14.3 Å². The monoisotopic (exact) mass is 506 g/mol. The van der Waals surface area contributed by atoms with E-state index in [1.807, 2.05) is 39.0 Å². The predicted molar refractivity (Wildman–Crippen MR) is 144 cm³/mol. The van der Waals surface area contributed by atoms with Crippen molar-refractivity contribution >= 4 is 23.2 Å². The first-order valence-corrected chi connectivity index (χ1v) is 13.4. The van der Waals surface area contributed by atoms with Crippen LogP contribution in [0.15, 0.2) is 30.3 Å². The average Bonchev–Trinajstić information content (AvgIpc) is 3.52. The quantitative estimate of drug-likeness (QED) is 0.463. The minimum Gasteiger partial charge on any atom is -0.443 e. The Morgan fingerprint density at radius 3 is 2.49 bits per heavy atom. The van der Waals surface area contributed by atoms with Gasteiger partial charge in [0.05, 0.1) is 5.69 Å². The number of hydrogen-bond acceptors (Lipinski definition) is 7. The van der Waals surface area contributed by atoms with Crippen molar-refractivity contribution in [1.82, 2.24) is 19.8 Å². The number of nitrogens with one attached hydrogen (secondary N) is 1. The highest BCUT2D eigenvalue weighted by molar-refractivity contribution is 5.93. The average molecular weight is 507 g/mol. The molecule has 2 aliphatic rings. The molecule has 1 aliphatic carbocycles. The molecule has 37 heavy (non-hydrogen) atoms. The van der Waals surface area contributed by atoms with Gasteiger partial charge in [0, 0.05) is 37.4 Å². The molecular formula is C28H38N6O3. The summed E-state index contributed by atoms with van der Waals surface area (Å²) < 4.78 is 13.2. The summed E-state index contributed by atoms with van der Waals surface area (Å²) in [7, 11) is 0. The third-order valence-electron chi connectivity index (χ3n) is 7.05. The third kappa shape index (κ3) is 6.04. The zero-order valence-corrected chi connectivity index (χ0v) is 22.4. The van der Waals surface area contributed by atoms with Gasteiger partial charge in [-0.25, -0.2) is 4.79 Å². The van der Waals surface area contributed by atoms with Crippen LogP contribution in [-0.2, 0) is 9.47 Å². The standard InChI is InChI=1S/C28H38N6O3/c1-19-9-11-21(12-10-19)25-30-31-26-23(17-24(32-34(25)26)29-22-7-5-6-8-22)33(27(35)37-28(2,3)4)18-20-13-15-36-16-14-20/h9-12,17,20,22H,5-8,13-16,18H2,1-4H3,(H,29,32). The molecule has 9 nitrogen and oxygen atoms in total. The van der Waals surface area contributed by atoms with Crippen LogP contribution in [0.5, 0.6) is 0 Å². The molecule has 2 fully saturated rings. The lowest BCUT2D eigenvalue weighted by Crippen LogP contribution is -2.41. The third-order valence-corrected chi connectivity index (χ3v) is 7.05. The molecule has 3 aromatic rings. The Morgan fingerprint density at radius 1 is 1.11 bits per heavy atom. The Kier molecular flexibility index (Phi) is 7.33. The number of benzene rings is 1. The molecule has 0 bridgehead atoms. The summed E-state index contributed by atoms with van der Waals surface area (Å²) in [5.74, 6) is 1.66. The molecule has 0 radical (unpaired) electrons. The van der Waals surface area contributed by atoms with Crippen molar-refractivity contribution in [3.8, 4) is 11.4 Å². The highest BCUT2D eigenvalue weighted by atomic mass is 16.6. The number of aryl methyl sites for hydroxylation is 1. The van der Waals surface area contributed by atoms with E-state index in [4.69, 9.17) is 14.6 Å². The highest BCUT2D eigenvalue weighted by Crippen LogP contribution is 2.31. The number of carbonyl (C=O) groups excluding carboxylic acids is 1. The number of aromatic nitrogens is 4. The van der Waals surface area contributed by atoms with Crippen molar-refractivity contribution in [2.45, 2.75) is 77.9 Å². The molecule has 0 unspecified atom stereocenters. The van der Waals surface area contributed by atoms with Crippen LogP contribution in [0.3, 0.4) is 0 Å². The van der Waals surface area contributed by atoms with E-state index in [2.05, 4.69) is 34.6 Å². The molecule has 0 spiro atoms. The van der Waals surface area contributed by atoms with Gasteiger partial charge in [0.1, 0.15) is 11.4 Å². The largest absolute Gasteiger partial charge is 0.443 e. The number of hydrogen-bond donors (Lipinski definition) is 1. The first kappa shape index (κ1) is 25.4. The number of anilines is 2. The van der Waals surface area contributed by atoms with Gasteiger partial charge >= 0.3 is 6.09 Å². The van der Waals surface area contributed by atoms with Crippen LogP contribution < -0.4 is 10.2 Å². The van der Waals surface area contributed by atoms with Crippen LogP contribution in [0.4, 0.5) is 16.3 Å².